The third kappa shape index (κ3) is 8.94. The van der Waals surface area contributed by atoms with Crippen molar-refractivity contribution in [2.45, 2.75) is 36.6 Å². The quantitative estimate of drug-likeness (QED) is 0.0579. The van der Waals surface area contributed by atoms with Crippen molar-refractivity contribution in [1.29, 1.82) is 0 Å². The lowest BCUT2D eigenvalue weighted by molar-refractivity contribution is -0.154. The number of nitrogens with one attached hydrogen (secondary N) is 1. The van der Waals surface area contributed by atoms with E-state index in [2.05, 4.69) is 15.5 Å². The van der Waals surface area contributed by atoms with Gasteiger partial charge in [0.25, 0.3) is 17.4 Å². The summed E-state index contributed by atoms with van der Waals surface area (Å²) in [5, 5.41) is 7.53. The zero-order valence-electron chi connectivity index (χ0n) is 33.0. The average molecular weight is 871 g/mol. The second-order valence-corrected chi connectivity index (χ2v) is 16.1. The first-order chi connectivity index (χ1) is 30.2. The van der Waals surface area contributed by atoms with E-state index in [0.717, 1.165) is 27.2 Å². The van der Waals surface area contributed by atoms with Crippen LogP contribution in [0.4, 0.5) is 5.13 Å². The van der Waals surface area contributed by atoms with E-state index in [1.54, 1.807) is 0 Å². The van der Waals surface area contributed by atoms with Crippen LogP contribution in [0.15, 0.2) is 159 Å². The van der Waals surface area contributed by atoms with Crippen molar-refractivity contribution in [3.63, 3.8) is 0 Å². The van der Waals surface area contributed by atoms with Gasteiger partial charge in [-0.05, 0) is 27.8 Å². The number of ether oxygens (including phenoxy) is 2. The third-order valence-electron chi connectivity index (χ3n) is 9.98. The van der Waals surface area contributed by atoms with Gasteiger partial charge in [0.05, 0.1) is 6.54 Å². The molecular weight excluding hydrogens is 833 g/mol. The minimum absolute atomic E-state index is 0.0392. The summed E-state index contributed by atoms with van der Waals surface area (Å²) in [4.78, 5) is 79.2. The van der Waals surface area contributed by atoms with E-state index in [9.17, 15) is 24.0 Å². The maximum absolute atomic E-state index is 14.6. The van der Waals surface area contributed by atoms with E-state index in [-0.39, 0.29) is 46.7 Å². The van der Waals surface area contributed by atoms with Crippen molar-refractivity contribution >= 4 is 57.7 Å². The maximum Gasteiger partial charge on any atom is 0.356 e. The van der Waals surface area contributed by atoms with Gasteiger partial charge in [0.2, 0.25) is 0 Å². The van der Waals surface area contributed by atoms with Gasteiger partial charge < -0.3 is 29.9 Å². The topological polar surface area (TPSA) is 198 Å². The van der Waals surface area contributed by atoms with Crippen LogP contribution in [0.3, 0.4) is 0 Å². The smallest absolute Gasteiger partial charge is 0.356 e. The second-order valence-electron chi connectivity index (χ2n) is 14.1. The Hall–Kier alpha value is -7.24. The number of thioether (sulfide) groups is 1. The molecule has 2 aromatic heterocycles. The van der Waals surface area contributed by atoms with Crippen LogP contribution in [0.2, 0.25) is 0 Å². The Kier molecular flexibility index (Phi) is 12.4. The second kappa shape index (κ2) is 18.6. The number of hydrogen-bond donors (Lipinski definition) is 2. The summed E-state index contributed by atoms with van der Waals surface area (Å²) < 4.78 is 19.1. The number of benzene rings is 4. The minimum atomic E-state index is -1.08. The minimum Gasteiger partial charge on any atom is -0.452 e. The monoisotopic (exact) mass is 870 g/mol. The van der Waals surface area contributed by atoms with Crippen molar-refractivity contribution in [3.8, 4) is 0 Å². The maximum atomic E-state index is 14.6. The van der Waals surface area contributed by atoms with Gasteiger partial charge in [-0.2, -0.15) is 4.74 Å². The Morgan fingerprint density at radius 1 is 0.855 bits per heavy atom. The van der Waals surface area contributed by atoms with Crippen molar-refractivity contribution in [3.05, 3.63) is 188 Å². The Morgan fingerprint density at radius 3 is 1.92 bits per heavy atom. The van der Waals surface area contributed by atoms with Crippen LogP contribution in [0, 0.1) is 0 Å². The molecule has 2 aliphatic heterocycles. The fourth-order valence-electron chi connectivity index (χ4n) is 7.13. The number of nitrogens with zero attached hydrogens (tertiary/aromatic N) is 4. The van der Waals surface area contributed by atoms with Gasteiger partial charge in [0.15, 0.2) is 23.1 Å². The molecule has 8 rings (SSSR count). The molecule has 17 heteroatoms. The van der Waals surface area contributed by atoms with Gasteiger partial charge in [-0.15, -0.1) is 23.1 Å². The van der Waals surface area contributed by atoms with Gasteiger partial charge >= 0.3 is 11.9 Å². The van der Waals surface area contributed by atoms with Gasteiger partial charge in [0, 0.05) is 17.2 Å². The number of esters is 2. The van der Waals surface area contributed by atoms with Crippen LogP contribution < -0.4 is 16.6 Å². The standard InChI is InChI=1S/C45H38N6O9S2/c1-57-49-36(33-26-62-45(46)47-33)41(54)48-37-42(55)51-38(44(56)59-40(29-18-10-4-11-19-29)30-20-12-5-13-21-30)31(25-61-43(37)51)24-50-34(52)22-32(60-50)23-35(53)58-39(27-14-6-2-7-15-27)28-16-8-3-9-17-28/h2-22,26,37,39-40,43H,23-25H2,1H3,(H2,46,47)(H,48,54)/b49-36-/t37?,43-/m1/s1. The number of nitrogens with two attached hydrogens (primary N) is 1. The van der Waals surface area contributed by atoms with Crippen LogP contribution in [0.1, 0.15) is 45.9 Å². The first kappa shape index (κ1) is 41.5. The fraction of sp³-hybridized carbons (Fsp3) is 0.178. The zero-order chi connectivity index (χ0) is 43.2. The lowest BCUT2D eigenvalue weighted by Crippen LogP contribution is -2.71. The van der Waals surface area contributed by atoms with E-state index in [1.807, 2.05) is 121 Å². The average Bonchev–Trinajstić information content (AvgIpc) is 3.89. The van der Waals surface area contributed by atoms with Gasteiger partial charge in [0.1, 0.15) is 42.1 Å². The van der Waals surface area contributed by atoms with E-state index < -0.39 is 52.9 Å². The van der Waals surface area contributed by atoms with E-state index in [0.29, 0.717) is 16.7 Å². The van der Waals surface area contributed by atoms with E-state index >= 15 is 0 Å². The molecule has 4 heterocycles. The number of carbonyl (C=O) groups is 4. The Labute approximate surface area is 362 Å². The molecule has 1 unspecified atom stereocenters. The Morgan fingerprint density at radius 2 is 1.40 bits per heavy atom. The van der Waals surface area contributed by atoms with Crippen LogP contribution >= 0.6 is 23.1 Å². The number of fused-ring (bicyclic) bond motifs is 1. The lowest BCUT2D eigenvalue weighted by atomic mass is 10.0. The number of carbonyl (C=O) groups excluding carboxylic acids is 4. The number of rotatable bonds is 15. The molecule has 2 aliphatic rings. The highest BCUT2D eigenvalue weighted by molar-refractivity contribution is 8.00. The molecule has 0 saturated carbocycles. The van der Waals surface area contributed by atoms with Crippen LogP contribution in [0.5, 0.6) is 0 Å². The third-order valence-corrected chi connectivity index (χ3v) is 12.0. The number of hydrogen-bond acceptors (Lipinski definition) is 14. The predicted molar refractivity (Wildman–Crippen MR) is 230 cm³/mol. The molecule has 62 heavy (non-hydrogen) atoms. The number of β-lactam (4-membered cyclic amide) rings is 1. The zero-order valence-corrected chi connectivity index (χ0v) is 34.6. The molecule has 0 bridgehead atoms. The molecule has 0 aliphatic carbocycles. The van der Waals surface area contributed by atoms with Gasteiger partial charge in [-0.25, -0.2) is 9.78 Å². The molecule has 1 saturated heterocycles. The Balaban J connectivity index is 1.07. The molecule has 0 radical (unpaired) electrons. The van der Waals surface area contributed by atoms with Crippen molar-refractivity contribution < 1.29 is 38.0 Å². The molecule has 4 aromatic carbocycles. The molecule has 6 aromatic rings. The largest absolute Gasteiger partial charge is 0.452 e. The van der Waals surface area contributed by atoms with Crippen molar-refractivity contribution in [2.75, 3.05) is 18.6 Å². The highest BCUT2D eigenvalue weighted by Gasteiger charge is 2.55. The molecule has 2 atom stereocenters. The number of thiazole rings is 1. The number of nitrogen functional groups attached to an aromatic ring is 1. The van der Waals surface area contributed by atoms with Gasteiger partial charge in [-0.3, -0.25) is 24.1 Å². The number of aromatic nitrogens is 2. The van der Waals surface area contributed by atoms with Crippen LogP contribution in [-0.4, -0.2) is 68.4 Å². The molecule has 15 nitrogen and oxygen atoms in total. The summed E-state index contributed by atoms with van der Waals surface area (Å²) in [6.45, 7) is -0.257. The molecule has 3 N–H and O–H groups in total. The first-order valence-corrected chi connectivity index (χ1v) is 21.2. The summed E-state index contributed by atoms with van der Waals surface area (Å²) in [6.07, 6.45) is -1.92. The molecular formula is C45H38N6O9S2. The number of amides is 2. The van der Waals surface area contributed by atoms with Crippen LogP contribution in [-0.2, 0) is 46.5 Å². The predicted octanol–water partition coefficient (Wildman–Crippen LogP) is 5.39. The van der Waals surface area contributed by atoms with E-state index in [1.165, 1.54) is 35.2 Å². The van der Waals surface area contributed by atoms with Crippen LogP contribution in [0.25, 0.3) is 0 Å². The molecule has 2 amide bonds. The summed E-state index contributed by atoms with van der Waals surface area (Å²) >= 11 is 2.37. The highest BCUT2D eigenvalue weighted by atomic mass is 32.2. The summed E-state index contributed by atoms with van der Waals surface area (Å²) in [5.41, 5.74) is 8.32. The first-order valence-electron chi connectivity index (χ1n) is 19.3. The Bertz CT molecular complexity index is 2620. The van der Waals surface area contributed by atoms with Gasteiger partial charge in [-0.1, -0.05) is 126 Å². The van der Waals surface area contributed by atoms with Crippen molar-refractivity contribution in [1.82, 2.24) is 19.9 Å². The summed E-state index contributed by atoms with van der Waals surface area (Å²) in [7, 11) is 1.27. The van der Waals surface area contributed by atoms with Crippen molar-refractivity contribution in [2.24, 2.45) is 5.16 Å². The summed E-state index contributed by atoms with van der Waals surface area (Å²) in [5.74, 6) is -2.64. The fourth-order valence-corrected chi connectivity index (χ4v) is 9.01. The molecule has 314 valence electrons. The summed E-state index contributed by atoms with van der Waals surface area (Å²) in [6, 6.07) is 37.0. The molecule has 1 fully saturated rings. The normalized spacial score (nSPS) is 16.1. The van der Waals surface area contributed by atoms with E-state index in [4.69, 9.17) is 24.6 Å². The number of anilines is 1. The highest BCUT2D eigenvalue weighted by Crippen LogP contribution is 2.42. The number of oxime groups is 1. The lowest BCUT2D eigenvalue weighted by Gasteiger charge is -2.49. The SMILES string of the molecule is CO/N=C(\C(=O)NC1C(=O)N2C(C(=O)OC(c3ccccc3)c3ccccc3)=C(Cn3oc(CC(=O)OC(c4ccccc4)c4ccccc4)cc3=O)CS[C@H]12)c1csc(N)n1. The molecule has 0 spiro atoms.